The van der Waals surface area contributed by atoms with Crippen LogP contribution in [-0.2, 0) is 4.79 Å². The average Bonchev–Trinajstić information content (AvgIpc) is 2.83. The number of carbonyl (C=O) groups is 1. The van der Waals surface area contributed by atoms with E-state index in [1.54, 1.807) is 13.8 Å². The molecule has 1 fully saturated rings. The van der Waals surface area contributed by atoms with Gasteiger partial charge in [-0.15, -0.1) is 0 Å². The lowest BCUT2D eigenvalue weighted by Gasteiger charge is -2.29. The molecule has 0 aromatic carbocycles. The van der Waals surface area contributed by atoms with Crippen molar-refractivity contribution in [2.45, 2.75) is 33.6 Å². The van der Waals surface area contributed by atoms with Crippen LogP contribution in [0.25, 0.3) is 10.8 Å². The first-order chi connectivity index (χ1) is 11.0. The molecule has 0 saturated carbocycles. The van der Waals surface area contributed by atoms with Crippen molar-refractivity contribution in [1.82, 2.24) is 15.1 Å². The molecule has 0 atom stereocenters. The Kier molecular flexibility index (Phi) is 4.21. The van der Waals surface area contributed by atoms with E-state index in [1.807, 2.05) is 0 Å². The van der Waals surface area contributed by atoms with E-state index in [0.717, 1.165) is 31.8 Å². The molecular weight excluding hydrogens is 296 g/mol. The zero-order chi connectivity index (χ0) is 16.6. The van der Waals surface area contributed by atoms with Crippen molar-refractivity contribution in [3.05, 3.63) is 21.8 Å². The van der Waals surface area contributed by atoms with Gasteiger partial charge in [0.2, 0.25) is 11.8 Å². The van der Waals surface area contributed by atoms with Crippen molar-refractivity contribution >= 4 is 22.6 Å². The zero-order valence-corrected chi connectivity index (χ0v) is 13.7. The van der Waals surface area contributed by atoms with Gasteiger partial charge in [-0.05, 0) is 45.7 Å². The van der Waals surface area contributed by atoms with Gasteiger partial charge in [0.05, 0.1) is 17.6 Å². The number of likely N-dealkylation sites (tertiary alicyclic amines) is 1. The van der Waals surface area contributed by atoms with E-state index in [-0.39, 0.29) is 17.4 Å². The number of nitrogens with zero attached hydrogens (tertiary/aromatic N) is 2. The third-order valence-electron chi connectivity index (χ3n) is 4.49. The smallest absolute Gasteiger partial charge is 0.277 e. The van der Waals surface area contributed by atoms with Crippen molar-refractivity contribution in [3.8, 4) is 0 Å². The number of aryl methyl sites for hydroxylation is 2. The molecule has 1 saturated heterocycles. The van der Waals surface area contributed by atoms with Crippen LogP contribution < -0.4 is 10.9 Å². The molecule has 23 heavy (non-hydrogen) atoms. The predicted molar refractivity (Wildman–Crippen MR) is 87.6 cm³/mol. The van der Waals surface area contributed by atoms with Crippen molar-refractivity contribution in [3.63, 3.8) is 0 Å². The molecule has 0 spiro atoms. The van der Waals surface area contributed by atoms with E-state index in [0.29, 0.717) is 28.8 Å². The standard InChI is InChI=1S/C16H22N4O3/c1-9-4-6-20(7-5-9)8-12(21)17-16-14-13(11(3)23-16)10(2)18-19-15(14)22/h9H,4-8H2,1-3H3,(H,17,21)(H,19,22). The lowest BCUT2D eigenvalue weighted by molar-refractivity contribution is -0.117. The number of rotatable bonds is 3. The second-order valence-corrected chi connectivity index (χ2v) is 6.38. The van der Waals surface area contributed by atoms with Gasteiger partial charge in [0, 0.05) is 0 Å². The number of hydrogen-bond donors (Lipinski definition) is 2. The Labute approximate surface area is 134 Å². The number of aromatic amines is 1. The van der Waals surface area contributed by atoms with Crippen LogP contribution in [0.1, 0.15) is 31.2 Å². The first-order valence-corrected chi connectivity index (χ1v) is 7.96. The quantitative estimate of drug-likeness (QED) is 0.900. The van der Waals surface area contributed by atoms with E-state index in [2.05, 4.69) is 27.3 Å². The molecule has 7 heteroatoms. The average molecular weight is 318 g/mol. The number of amides is 1. The number of piperidine rings is 1. The summed E-state index contributed by atoms with van der Waals surface area (Å²) in [4.78, 5) is 26.4. The maximum absolute atomic E-state index is 12.3. The van der Waals surface area contributed by atoms with Crippen LogP contribution in [0.15, 0.2) is 9.21 Å². The summed E-state index contributed by atoms with van der Waals surface area (Å²) in [6.45, 7) is 7.96. The zero-order valence-electron chi connectivity index (χ0n) is 13.7. The van der Waals surface area contributed by atoms with Crippen LogP contribution in [-0.4, -0.2) is 40.6 Å². The fourth-order valence-corrected chi connectivity index (χ4v) is 3.12. The number of aromatic nitrogens is 2. The van der Waals surface area contributed by atoms with Gasteiger partial charge >= 0.3 is 0 Å². The Morgan fingerprint density at radius 1 is 1.35 bits per heavy atom. The van der Waals surface area contributed by atoms with Crippen LogP contribution in [0.5, 0.6) is 0 Å². The highest BCUT2D eigenvalue weighted by Crippen LogP contribution is 2.28. The Bertz CT molecular complexity index is 784. The Morgan fingerprint density at radius 2 is 2.04 bits per heavy atom. The normalized spacial score (nSPS) is 16.8. The van der Waals surface area contributed by atoms with Gasteiger partial charge in [0.15, 0.2) is 0 Å². The second kappa shape index (κ2) is 6.16. The SMILES string of the molecule is Cc1n[nH]c(=O)c2c(NC(=O)CN3CCC(C)CC3)oc(C)c12. The van der Waals surface area contributed by atoms with Gasteiger partial charge in [-0.25, -0.2) is 5.10 Å². The van der Waals surface area contributed by atoms with Crippen LogP contribution >= 0.6 is 0 Å². The summed E-state index contributed by atoms with van der Waals surface area (Å²) in [5.41, 5.74) is 0.316. The third kappa shape index (κ3) is 3.14. The number of furan rings is 1. The maximum atomic E-state index is 12.3. The molecule has 3 heterocycles. The fraction of sp³-hybridized carbons (Fsp3) is 0.562. The Hall–Kier alpha value is -2.15. The fourth-order valence-electron chi connectivity index (χ4n) is 3.12. The number of carbonyl (C=O) groups excluding carboxylic acids is 1. The maximum Gasteiger partial charge on any atom is 0.277 e. The number of nitrogens with one attached hydrogen (secondary N) is 2. The van der Waals surface area contributed by atoms with Gasteiger partial charge in [-0.2, -0.15) is 5.10 Å². The molecule has 0 radical (unpaired) electrons. The topological polar surface area (TPSA) is 91.2 Å². The Balaban J connectivity index is 1.78. The van der Waals surface area contributed by atoms with Crippen molar-refractivity contribution < 1.29 is 9.21 Å². The molecule has 0 aliphatic carbocycles. The molecule has 2 N–H and O–H groups in total. The number of H-pyrrole nitrogens is 1. The van der Waals surface area contributed by atoms with Gasteiger partial charge in [-0.3, -0.25) is 19.8 Å². The molecule has 0 bridgehead atoms. The van der Waals surface area contributed by atoms with E-state index >= 15 is 0 Å². The van der Waals surface area contributed by atoms with Crippen LogP contribution in [0.4, 0.5) is 5.88 Å². The molecule has 0 unspecified atom stereocenters. The summed E-state index contributed by atoms with van der Waals surface area (Å²) < 4.78 is 5.59. The minimum Gasteiger partial charge on any atom is -0.444 e. The molecule has 2 aromatic heterocycles. The van der Waals surface area contributed by atoms with Crippen molar-refractivity contribution in [2.24, 2.45) is 5.92 Å². The molecule has 1 aliphatic heterocycles. The molecule has 1 aliphatic rings. The van der Waals surface area contributed by atoms with Crippen molar-refractivity contribution in [1.29, 1.82) is 0 Å². The molecule has 1 amide bonds. The first-order valence-electron chi connectivity index (χ1n) is 7.96. The summed E-state index contributed by atoms with van der Waals surface area (Å²) in [6, 6.07) is 0. The molecule has 7 nitrogen and oxygen atoms in total. The van der Waals surface area contributed by atoms with Crippen LogP contribution in [0, 0.1) is 19.8 Å². The molecule has 2 aromatic rings. The first kappa shape index (κ1) is 15.7. The number of hydrogen-bond acceptors (Lipinski definition) is 5. The molecular formula is C16H22N4O3. The highest BCUT2D eigenvalue weighted by Gasteiger charge is 2.21. The minimum absolute atomic E-state index is 0.163. The van der Waals surface area contributed by atoms with E-state index in [1.165, 1.54) is 0 Å². The minimum atomic E-state index is -0.357. The van der Waals surface area contributed by atoms with Gasteiger partial charge in [0.25, 0.3) is 5.56 Å². The summed E-state index contributed by atoms with van der Waals surface area (Å²) in [7, 11) is 0. The van der Waals surface area contributed by atoms with Crippen molar-refractivity contribution in [2.75, 3.05) is 25.0 Å². The van der Waals surface area contributed by atoms with E-state index in [9.17, 15) is 9.59 Å². The lowest BCUT2D eigenvalue weighted by Crippen LogP contribution is -2.38. The van der Waals surface area contributed by atoms with Gasteiger partial charge in [-0.1, -0.05) is 6.92 Å². The van der Waals surface area contributed by atoms with Gasteiger partial charge < -0.3 is 4.42 Å². The van der Waals surface area contributed by atoms with E-state index in [4.69, 9.17) is 4.42 Å². The van der Waals surface area contributed by atoms with Crippen LogP contribution in [0.2, 0.25) is 0 Å². The molecule has 124 valence electrons. The summed E-state index contributed by atoms with van der Waals surface area (Å²) in [5, 5.41) is 10.1. The third-order valence-corrected chi connectivity index (χ3v) is 4.49. The Morgan fingerprint density at radius 3 is 2.74 bits per heavy atom. The number of fused-ring (bicyclic) bond motifs is 1. The monoisotopic (exact) mass is 318 g/mol. The number of anilines is 1. The summed E-state index contributed by atoms with van der Waals surface area (Å²) in [6.07, 6.45) is 2.22. The molecule has 3 rings (SSSR count). The van der Waals surface area contributed by atoms with E-state index < -0.39 is 0 Å². The van der Waals surface area contributed by atoms with Gasteiger partial charge in [0.1, 0.15) is 11.1 Å². The lowest BCUT2D eigenvalue weighted by atomic mass is 9.99. The van der Waals surface area contributed by atoms with Crippen LogP contribution in [0.3, 0.4) is 0 Å². The predicted octanol–water partition coefficient (Wildman–Crippen LogP) is 1.80. The highest BCUT2D eigenvalue weighted by molar-refractivity contribution is 6.01. The highest BCUT2D eigenvalue weighted by atomic mass is 16.4. The second-order valence-electron chi connectivity index (χ2n) is 6.38. The largest absolute Gasteiger partial charge is 0.444 e. The summed E-state index contributed by atoms with van der Waals surface area (Å²) >= 11 is 0. The summed E-state index contributed by atoms with van der Waals surface area (Å²) in [5.74, 6) is 1.35.